The number of hydrogen-bond acceptors (Lipinski definition) is 2. The molecular weight excluding hydrogens is 342 g/mol. The van der Waals surface area contributed by atoms with Gasteiger partial charge in [-0.05, 0) is 52.4 Å². The third-order valence-electron chi connectivity index (χ3n) is 3.49. The molecule has 1 aromatic carbocycles. The van der Waals surface area contributed by atoms with E-state index in [4.69, 9.17) is 0 Å². The Morgan fingerprint density at radius 1 is 1.10 bits per heavy atom. The predicted octanol–water partition coefficient (Wildman–Crippen LogP) is 6.34. The summed E-state index contributed by atoms with van der Waals surface area (Å²) in [5, 5.41) is 3.81. The maximum atomic E-state index is 3.81. The Labute approximate surface area is 140 Å². The van der Waals surface area contributed by atoms with Crippen LogP contribution in [0.4, 0.5) is 0 Å². The first kappa shape index (κ1) is 16.7. The van der Waals surface area contributed by atoms with Crippen LogP contribution in [0.1, 0.15) is 56.6 Å². The smallest absolute Gasteiger partial charge is 0.0701 e. The van der Waals surface area contributed by atoms with Gasteiger partial charge in [-0.3, -0.25) is 0 Å². The van der Waals surface area contributed by atoms with Gasteiger partial charge in [-0.25, -0.2) is 0 Å². The Balaban J connectivity index is 2.16. The predicted molar refractivity (Wildman–Crippen MR) is 96.8 cm³/mol. The van der Waals surface area contributed by atoms with Crippen LogP contribution >= 0.6 is 27.3 Å². The summed E-state index contributed by atoms with van der Waals surface area (Å²) in [6.45, 7) is 9.15. The van der Waals surface area contributed by atoms with Gasteiger partial charge in [-0.15, -0.1) is 11.3 Å². The fourth-order valence-corrected chi connectivity index (χ4v) is 3.95. The second-order valence-electron chi connectivity index (χ2n) is 6.76. The normalized spacial score (nSPS) is 14.9. The molecule has 2 rings (SSSR count). The second-order valence-corrected chi connectivity index (χ2v) is 9.25. The van der Waals surface area contributed by atoms with Crippen LogP contribution in [0.2, 0.25) is 0 Å². The van der Waals surface area contributed by atoms with Crippen molar-refractivity contribution in [3.63, 3.8) is 0 Å². The molecule has 1 N–H and O–H groups in total. The number of rotatable bonds is 5. The lowest BCUT2D eigenvalue weighted by Crippen LogP contribution is -2.27. The highest BCUT2D eigenvalue weighted by Crippen LogP contribution is 2.33. The van der Waals surface area contributed by atoms with E-state index in [1.807, 2.05) is 0 Å². The molecule has 0 aliphatic rings. The molecule has 0 aliphatic heterocycles. The lowest BCUT2D eigenvalue weighted by atomic mass is 9.85. The molecule has 0 radical (unpaired) electrons. The lowest BCUT2D eigenvalue weighted by Gasteiger charge is -2.29. The highest BCUT2D eigenvalue weighted by Gasteiger charge is 2.22. The molecule has 0 saturated carbocycles. The molecular formula is C18H24BrNS. The number of benzene rings is 1. The average Bonchev–Trinajstić information content (AvgIpc) is 2.84. The SMILES string of the molecule is CC(NC(CC(C)(C)C)c1ccccc1)c1ccc(Br)s1. The van der Waals surface area contributed by atoms with Crippen molar-refractivity contribution < 1.29 is 0 Å². The minimum Gasteiger partial charge on any atom is -0.303 e. The van der Waals surface area contributed by atoms with Gasteiger partial charge in [-0.1, -0.05) is 51.1 Å². The number of nitrogens with one attached hydrogen (secondary N) is 1. The Kier molecular flexibility index (Phi) is 5.64. The zero-order valence-corrected chi connectivity index (χ0v) is 15.6. The third-order valence-corrected chi connectivity index (χ3v) is 5.30. The molecule has 3 heteroatoms. The van der Waals surface area contributed by atoms with Gasteiger partial charge in [0, 0.05) is 17.0 Å². The number of hydrogen-bond donors (Lipinski definition) is 1. The third kappa shape index (κ3) is 5.24. The zero-order valence-electron chi connectivity index (χ0n) is 13.2. The summed E-state index contributed by atoms with van der Waals surface area (Å²) in [7, 11) is 0. The minimum atomic E-state index is 0.295. The first-order valence-electron chi connectivity index (χ1n) is 7.41. The van der Waals surface area contributed by atoms with Crippen molar-refractivity contribution in [2.24, 2.45) is 5.41 Å². The molecule has 114 valence electrons. The summed E-state index contributed by atoms with van der Waals surface area (Å²) in [6.07, 6.45) is 1.12. The molecule has 0 aliphatic carbocycles. The van der Waals surface area contributed by atoms with Gasteiger partial charge in [0.2, 0.25) is 0 Å². The van der Waals surface area contributed by atoms with Gasteiger partial charge in [0.15, 0.2) is 0 Å². The van der Waals surface area contributed by atoms with Crippen molar-refractivity contribution >= 4 is 27.3 Å². The molecule has 2 aromatic rings. The number of thiophene rings is 1. The molecule has 0 spiro atoms. The fraction of sp³-hybridized carbons (Fsp3) is 0.444. The lowest BCUT2D eigenvalue weighted by molar-refractivity contribution is 0.298. The summed E-state index contributed by atoms with van der Waals surface area (Å²) in [4.78, 5) is 1.37. The van der Waals surface area contributed by atoms with E-state index >= 15 is 0 Å². The molecule has 2 atom stereocenters. The van der Waals surface area contributed by atoms with E-state index in [9.17, 15) is 0 Å². The Bertz CT molecular complexity index is 556. The molecule has 0 bridgehead atoms. The monoisotopic (exact) mass is 365 g/mol. The fourth-order valence-electron chi connectivity index (χ4n) is 2.52. The summed E-state index contributed by atoms with van der Waals surface area (Å²) in [6, 6.07) is 15.8. The molecule has 21 heavy (non-hydrogen) atoms. The maximum Gasteiger partial charge on any atom is 0.0701 e. The van der Waals surface area contributed by atoms with Gasteiger partial charge in [0.05, 0.1) is 3.79 Å². The van der Waals surface area contributed by atoms with Gasteiger partial charge in [-0.2, -0.15) is 0 Å². The minimum absolute atomic E-state index is 0.295. The Morgan fingerprint density at radius 2 is 1.76 bits per heavy atom. The standard InChI is InChI=1S/C18H24BrNS/c1-13(16-10-11-17(19)21-16)20-15(12-18(2,3)4)14-8-6-5-7-9-14/h5-11,13,15,20H,12H2,1-4H3. The number of halogens is 1. The topological polar surface area (TPSA) is 12.0 Å². The van der Waals surface area contributed by atoms with Crippen LogP contribution in [0.15, 0.2) is 46.3 Å². The van der Waals surface area contributed by atoms with Crippen LogP contribution in [0.3, 0.4) is 0 Å². The van der Waals surface area contributed by atoms with Crippen molar-refractivity contribution in [1.29, 1.82) is 0 Å². The molecule has 1 aromatic heterocycles. The van der Waals surface area contributed by atoms with Crippen LogP contribution in [-0.2, 0) is 0 Å². The first-order valence-corrected chi connectivity index (χ1v) is 9.02. The van der Waals surface area contributed by atoms with E-state index in [0.717, 1.165) is 6.42 Å². The van der Waals surface area contributed by atoms with Gasteiger partial charge in [0.25, 0.3) is 0 Å². The van der Waals surface area contributed by atoms with Crippen molar-refractivity contribution in [1.82, 2.24) is 5.32 Å². The van der Waals surface area contributed by atoms with Crippen LogP contribution in [0, 0.1) is 5.41 Å². The summed E-state index contributed by atoms with van der Waals surface area (Å²) in [5.74, 6) is 0. The molecule has 1 heterocycles. The summed E-state index contributed by atoms with van der Waals surface area (Å²) >= 11 is 5.36. The molecule has 0 saturated heterocycles. The summed E-state index contributed by atoms with van der Waals surface area (Å²) < 4.78 is 1.19. The van der Waals surface area contributed by atoms with Crippen LogP contribution in [0.25, 0.3) is 0 Å². The average molecular weight is 366 g/mol. The van der Waals surface area contributed by atoms with Gasteiger partial charge < -0.3 is 5.32 Å². The van der Waals surface area contributed by atoms with Crippen molar-refractivity contribution in [3.8, 4) is 0 Å². The van der Waals surface area contributed by atoms with E-state index in [-0.39, 0.29) is 0 Å². The van der Waals surface area contributed by atoms with Crippen molar-refractivity contribution in [2.75, 3.05) is 0 Å². The highest BCUT2D eigenvalue weighted by molar-refractivity contribution is 9.11. The van der Waals surface area contributed by atoms with Crippen LogP contribution in [0.5, 0.6) is 0 Å². The molecule has 0 fully saturated rings. The molecule has 2 unspecified atom stereocenters. The van der Waals surface area contributed by atoms with Crippen molar-refractivity contribution in [2.45, 2.75) is 46.2 Å². The van der Waals surface area contributed by atoms with E-state index in [2.05, 4.69) is 91.4 Å². The van der Waals surface area contributed by atoms with E-state index < -0.39 is 0 Å². The van der Waals surface area contributed by atoms with Gasteiger partial charge >= 0.3 is 0 Å². The highest BCUT2D eigenvalue weighted by atomic mass is 79.9. The van der Waals surface area contributed by atoms with E-state index in [1.165, 1.54) is 14.2 Å². The second kappa shape index (κ2) is 7.08. The molecule has 1 nitrogen and oxygen atoms in total. The summed E-state index contributed by atoms with van der Waals surface area (Å²) in [5.41, 5.74) is 1.67. The Morgan fingerprint density at radius 3 is 2.29 bits per heavy atom. The van der Waals surface area contributed by atoms with E-state index in [0.29, 0.717) is 17.5 Å². The van der Waals surface area contributed by atoms with E-state index in [1.54, 1.807) is 11.3 Å². The van der Waals surface area contributed by atoms with Crippen molar-refractivity contribution in [3.05, 3.63) is 56.7 Å². The quantitative estimate of drug-likeness (QED) is 0.651. The molecule has 0 amide bonds. The van der Waals surface area contributed by atoms with Crippen LogP contribution < -0.4 is 5.32 Å². The van der Waals surface area contributed by atoms with Crippen LogP contribution in [-0.4, -0.2) is 0 Å². The first-order chi connectivity index (χ1) is 9.85. The maximum absolute atomic E-state index is 3.81. The zero-order chi connectivity index (χ0) is 15.5. The largest absolute Gasteiger partial charge is 0.303 e. The Hall–Kier alpha value is -0.640. The van der Waals surface area contributed by atoms with Gasteiger partial charge in [0.1, 0.15) is 0 Å².